The number of fused-ring (bicyclic) bond motifs is 1. The van der Waals surface area contributed by atoms with Gasteiger partial charge in [-0.05, 0) is 26.0 Å². The minimum Gasteiger partial charge on any atom is -0.487 e. The van der Waals surface area contributed by atoms with Gasteiger partial charge in [0, 0.05) is 18.4 Å². The molecule has 2 aromatic rings. The summed E-state index contributed by atoms with van der Waals surface area (Å²) < 4.78 is 5.76. The van der Waals surface area contributed by atoms with Gasteiger partial charge in [0.15, 0.2) is 5.78 Å². The third kappa shape index (κ3) is 3.48. The number of hydrogen-bond acceptors (Lipinski definition) is 3. The SMILES string of the molecule is Cc1ccc(C(=O)CCC(=O)N2CC(C)Oc3ccccc32)cc1. The summed E-state index contributed by atoms with van der Waals surface area (Å²) in [5.74, 6) is 0.672. The first-order valence-corrected chi connectivity index (χ1v) is 8.20. The Balaban J connectivity index is 1.67. The molecular formula is C20H21NO3. The van der Waals surface area contributed by atoms with Crippen LogP contribution in [-0.2, 0) is 4.79 Å². The fourth-order valence-corrected chi connectivity index (χ4v) is 2.86. The number of ketones is 1. The van der Waals surface area contributed by atoms with Crippen molar-refractivity contribution in [1.29, 1.82) is 0 Å². The van der Waals surface area contributed by atoms with Crippen LogP contribution in [0.1, 0.15) is 35.7 Å². The topological polar surface area (TPSA) is 46.6 Å². The molecule has 1 heterocycles. The summed E-state index contributed by atoms with van der Waals surface area (Å²) in [5, 5.41) is 0. The zero-order chi connectivity index (χ0) is 17.1. The van der Waals surface area contributed by atoms with E-state index in [0.717, 1.165) is 17.0 Å². The monoisotopic (exact) mass is 323 g/mol. The number of nitrogens with zero attached hydrogens (tertiary/aromatic N) is 1. The Morgan fingerprint density at radius 2 is 1.79 bits per heavy atom. The van der Waals surface area contributed by atoms with Crippen LogP contribution in [0.4, 0.5) is 5.69 Å². The highest BCUT2D eigenvalue weighted by Gasteiger charge is 2.27. The van der Waals surface area contributed by atoms with Crippen molar-refractivity contribution in [1.82, 2.24) is 0 Å². The molecule has 0 aliphatic carbocycles. The second-order valence-corrected chi connectivity index (χ2v) is 6.19. The lowest BCUT2D eigenvalue weighted by atomic mass is 10.0. The van der Waals surface area contributed by atoms with Crippen LogP contribution in [0.2, 0.25) is 0 Å². The van der Waals surface area contributed by atoms with Crippen LogP contribution in [0.25, 0.3) is 0 Å². The zero-order valence-corrected chi connectivity index (χ0v) is 14.0. The molecule has 0 radical (unpaired) electrons. The van der Waals surface area contributed by atoms with Gasteiger partial charge in [-0.1, -0.05) is 42.0 Å². The Bertz CT molecular complexity index is 752. The number of para-hydroxylation sites is 2. The van der Waals surface area contributed by atoms with Crippen molar-refractivity contribution in [3.05, 3.63) is 59.7 Å². The maximum atomic E-state index is 12.6. The molecule has 0 spiro atoms. The van der Waals surface area contributed by atoms with E-state index in [1.165, 1.54) is 0 Å². The number of anilines is 1. The molecule has 124 valence electrons. The Morgan fingerprint density at radius 3 is 2.54 bits per heavy atom. The molecule has 0 bridgehead atoms. The summed E-state index contributed by atoms with van der Waals surface area (Å²) in [7, 11) is 0. The molecule has 1 aliphatic heterocycles. The molecule has 2 aromatic carbocycles. The highest BCUT2D eigenvalue weighted by Crippen LogP contribution is 2.33. The van der Waals surface area contributed by atoms with E-state index in [4.69, 9.17) is 4.74 Å². The van der Waals surface area contributed by atoms with Crippen molar-refractivity contribution in [2.45, 2.75) is 32.8 Å². The predicted molar refractivity (Wildman–Crippen MR) is 93.6 cm³/mol. The molecule has 1 unspecified atom stereocenters. The van der Waals surface area contributed by atoms with Crippen molar-refractivity contribution in [2.75, 3.05) is 11.4 Å². The number of amides is 1. The lowest BCUT2D eigenvalue weighted by molar-refractivity contribution is -0.119. The minimum absolute atomic E-state index is 0.00190. The maximum absolute atomic E-state index is 12.6. The van der Waals surface area contributed by atoms with E-state index in [-0.39, 0.29) is 30.6 Å². The molecule has 24 heavy (non-hydrogen) atoms. The van der Waals surface area contributed by atoms with Crippen LogP contribution < -0.4 is 9.64 Å². The first kappa shape index (κ1) is 16.2. The minimum atomic E-state index is -0.0587. The number of rotatable bonds is 4. The number of benzene rings is 2. The van der Waals surface area contributed by atoms with Crippen molar-refractivity contribution < 1.29 is 14.3 Å². The van der Waals surface area contributed by atoms with E-state index in [1.54, 1.807) is 4.90 Å². The van der Waals surface area contributed by atoms with Crippen LogP contribution >= 0.6 is 0 Å². The summed E-state index contributed by atoms with van der Waals surface area (Å²) in [6, 6.07) is 15.0. The second kappa shape index (κ2) is 6.87. The van der Waals surface area contributed by atoms with Crippen molar-refractivity contribution in [3.63, 3.8) is 0 Å². The van der Waals surface area contributed by atoms with Crippen LogP contribution in [0.3, 0.4) is 0 Å². The van der Waals surface area contributed by atoms with E-state index in [0.29, 0.717) is 12.1 Å². The summed E-state index contributed by atoms with van der Waals surface area (Å²) in [5.41, 5.74) is 2.55. The molecule has 3 rings (SSSR count). The first-order valence-electron chi connectivity index (χ1n) is 8.20. The molecule has 4 nitrogen and oxygen atoms in total. The summed E-state index contributed by atoms with van der Waals surface area (Å²) in [6.07, 6.45) is 0.362. The molecule has 4 heteroatoms. The van der Waals surface area contributed by atoms with Gasteiger partial charge in [0.2, 0.25) is 5.91 Å². The molecule has 0 saturated carbocycles. The molecule has 1 amide bonds. The molecule has 0 saturated heterocycles. The first-order chi connectivity index (χ1) is 11.5. The van der Waals surface area contributed by atoms with E-state index in [2.05, 4.69) is 0 Å². The number of aryl methyl sites for hydroxylation is 1. The number of ether oxygens (including phenoxy) is 1. The normalized spacial score (nSPS) is 16.2. The standard InChI is InChI=1S/C20H21NO3/c1-14-7-9-16(10-8-14)18(22)11-12-20(23)21-13-15(2)24-19-6-4-3-5-17(19)21/h3-10,15H,11-13H2,1-2H3. The molecule has 0 N–H and O–H groups in total. The third-order valence-electron chi connectivity index (χ3n) is 4.16. The van der Waals surface area contributed by atoms with Crippen molar-refractivity contribution >= 4 is 17.4 Å². The largest absolute Gasteiger partial charge is 0.487 e. The van der Waals surface area contributed by atoms with Gasteiger partial charge in [-0.3, -0.25) is 9.59 Å². The van der Waals surface area contributed by atoms with Crippen LogP contribution in [-0.4, -0.2) is 24.3 Å². The van der Waals surface area contributed by atoms with Gasteiger partial charge in [0.25, 0.3) is 0 Å². The van der Waals surface area contributed by atoms with E-state index >= 15 is 0 Å². The quantitative estimate of drug-likeness (QED) is 0.805. The Hall–Kier alpha value is -2.62. The van der Waals surface area contributed by atoms with Gasteiger partial charge in [-0.2, -0.15) is 0 Å². The van der Waals surface area contributed by atoms with Gasteiger partial charge in [0.05, 0.1) is 12.2 Å². The van der Waals surface area contributed by atoms with E-state index in [9.17, 15) is 9.59 Å². The van der Waals surface area contributed by atoms with Gasteiger partial charge in [0.1, 0.15) is 11.9 Å². The fraction of sp³-hybridized carbons (Fsp3) is 0.300. The zero-order valence-electron chi connectivity index (χ0n) is 14.0. The van der Waals surface area contributed by atoms with Crippen molar-refractivity contribution in [3.8, 4) is 5.75 Å². The Labute approximate surface area is 142 Å². The average Bonchev–Trinajstić information content (AvgIpc) is 2.59. The van der Waals surface area contributed by atoms with E-state index in [1.807, 2.05) is 62.4 Å². The van der Waals surface area contributed by atoms with Gasteiger partial charge in [-0.15, -0.1) is 0 Å². The second-order valence-electron chi connectivity index (χ2n) is 6.19. The molecule has 1 aliphatic rings. The van der Waals surface area contributed by atoms with Crippen LogP contribution in [0.15, 0.2) is 48.5 Å². The number of carbonyl (C=O) groups excluding carboxylic acids is 2. The van der Waals surface area contributed by atoms with E-state index < -0.39 is 0 Å². The van der Waals surface area contributed by atoms with Gasteiger partial charge in [-0.25, -0.2) is 0 Å². The third-order valence-corrected chi connectivity index (χ3v) is 4.16. The molecule has 0 fully saturated rings. The van der Waals surface area contributed by atoms with Crippen LogP contribution in [0.5, 0.6) is 5.75 Å². The lowest BCUT2D eigenvalue weighted by Crippen LogP contribution is -2.42. The molecule has 1 atom stereocenters. The molecule has 0 aromatic heterocycles. The van der Waals surface area contributed by atoms with Crippen molar-refractivity contribution in [2.24, 2.45) is 0 Å². The summed E-state index contributed by atoms with van der Waals surface area (Å²) >= 11 is 0. The summed E-state index contributed by atoms with van der Waals surface area (Å²) in [4.78, 5) is 26.6. The molecular weight excluding hydrogens is 302 g/mol. The number of Topliss-reactive ketones (excluding diaryl/α,β-unsaturated/α-hetero) is 1. The highest BCUT2D eigenvalue weighted by atomic mass is 16.5. The highest BCUT2D eigenvalue weighted by molar-refractivity contribution is 6.01. The van der Waals surface area contributed by atoms with Gasteiger partial charge >= 0.3 is 0 Å². The summed E-state index contributed by atoms with van der Waals surface area (Å²) in [6.45, 7) is 4.43. The smallest absolute Gasteiger partial charge is 0.227 e. The lowest BCUT2D eigenvalue weighted by Gasteiger charge is -2.33. The maximum Gasteiger partial charge on any atom is 0.227 e. The number of hydrogen-bond donors (Lipinski definition) is 0. The van der Waals surface area contributed by atoms with Gasteiger partial charge < -0.3 is 9.64 Å². The fourth-order valence-electron chi connectivity index (χ4n) is 2.86. The number of carbonyl (C=O) groups is 2. The average molecular weight is 323 g/mol. The van der Waals surface area contributed by atoms with Crippen LogP contribution in [0, 0.1) is 6.92 Å². The predicted octanol–water partition coefficient (Wildman–Crippen LogP) is 3.77. The Kier molecular flexibility index (Phi) is 4.65. The Morgan fingerprint density at radius 1 is 1.08 bits per heavy atom.